The molecule has 1 unspecified atom stereocenters. The predicted octanol–water partition coefficient (Wildman–Crippen LogP) is 0.877. The van der Waals surface area contributed by atoms with Crippen molar-refractivity contribution >= 4 is 27.7 Å². The van der Waals surface area contributed by atoms with Crippen molar-refractivity contribution in [3.8, 4) is 0 Å². The molecule has 2 heterocycles. The number of ether oxygens (including phenoxy) is 1. The van der Waals surface area contributed by atoms with Crippen molar-refractivity contribution in [2.24, 2.45) is 0 Å². The Bertz CT molecular complexity index is 574. The lowest BCUT2D eigenvalue weighted by molar-refractivity contribution is -0.140. The van der Waals surface area contributed by atoms with E-state index in [4.69, 9.17) is 9.84 Å². The van der Waals surface area contributed by atoms with E-state index in [0.717, 1.165) is 0 Å². The van der Waals surface area contributed by atoms with Crippen LogP contribution in [0, 0.1) is 0 Å². The summed E-state index contributed by atoms with van der Waals surface area (Å²) in [5.41, 5.74) is -0.406. The van der Waals surface area contributed by atoms with Crippen molar-refractivity contribution in [1.82, 2.24) is 9.55 Å². The maximum absolute atomic E-state index is 12.4. The number of aliphatic carboxylic acids is 1. The summed E-state index contributed by atoms with van der Waals surface area (Å²) in [5.74, 6) is -0.811. The fourth-order valence-electron chi connectivity index (χ4n) is 2.10. The molecule has 0 radical (unpaired) electrons. The van der Waals surface area contributed by atoms with Crippen LogP contribution in [-0.4, -0.2) is 46.4 Å². The highest BCUT2D eigenvalue weighted by molar-refractivity contribution is 9.10. The number of carbonyl (C=O) groups is 1. The Morgan fingerprint density at radius 1 is 1.65 bits per heavy atom. The lowest BCUT2D eigenvalue weighted by Crippen LogP contribution is -2.47. The number of morpholine rings is 1. The average molecular weight is 346 g/mol. The normalized spacial score (nSPS) is 20.8. The van der Waals surface area contributed by atoms with Crippen LogP contribution in [0.15, 0.2) is 15.6 Å². The Balaban J connectivity index is 2.48. The van der Waals surface area contributed by atoms with Crippen molar-refractivity contribution in [1.29, 1.82) is 0 Å². The minimum absolute atomic E-state index is 0.0202. The zero-order chi connectivity index (χ0) is 14.9. The molecule has 8 heteroatoms. The number of hydrogen-bond acceptors (Lipinski definition) is 5. The molecule has 0 aliphatic carbocycles. The van der Waals surface area contributed by atoms with Crippen LogP contribution < -0.4 is 10.5 Å². The topological polar surface area (TPSA) is 84.7 Å². The predicted molar refractivity (Wildman–Crippen MR) is 76.2 cm³/mol. The van der Waals surface area contributed by atoms with E-state index < -0.39 is 17.6 Å². The molecule has 1 aromatic heterocycles. The van der Waals surface area contributed by atoms with Gasteiger partial charge in [-0.15, -0.1) is 0 Å². The molecule has 0 spiro atoms. The SMILES string of the molecule is CC(C(=O)O)n1cc(Br)nc(N2CCOC[C@H]2C)c1=O. The lowest BCUT2D eigenvalue weighted by Gasteiger charge is -2.34. The van der Waals surface area contributed by atoms with Gasteiger partial charge in [-0.1, -0.05) is 0 Å². The van der Waals surface area contributed by atoms with Crippen molar-refractivity contribution in [2.75, 3.05) is 24.7 Å². The maximum Gasteiger partial charge on any atom is 0.326 e. The average Bonchev–Trinajstić information content (AvgIpc) is 2.41. The van der Waals surface area contributed by atoms with E-state index in [-0.39, 0.29) is 11.9 Å². The molecule has 2 rings (SSSR count). The summed E-state index contributed by atoms with van der Waals surface area (Å²) >= 11 is 3.23. The van der Waals surface area contributed by atoms with Gasteiger partial charge >= 0.3 is 5.97 Å². The second-order valence-electron chi connectivity index (χ2n) is 4.73. The summed E-state index contributed by atoms with van der Waals surface area (Å²) in [6.07, 6.45) is 1.40. The number of anilines is 1. The summed E-state index contributed by atoms with van der Waals surface area (Å²) in [7, 11) is 0. The molecular formula is C12H16BrN3O4. The van der Waals surface area contributed by atoms with Gasteiger partial charge in [0.15, 0.2) is 5.82 Å². The Hall–Kier alpha value is -1.41. The van der Waals surface area contributed by atoms with Gasteiger partial charge in [-0.3, -0.25) is 9.36 Å². The highest BCUT2D eigenvalue weighted by Crippen LogP contribution is 2.17. The molecule has 1 aliphatic heterocycles. The molecular weight excluding hydrogens is 330 g/mol. The van der Waals surface area contributed by atoms with Gasteiger partial charge in [0.1, 0.15) is 10.6 Å². The van der Waals surface area contributed by atoms with Crippen LogP contribution in [0.5, 0.6) is 0 Å². The van der Waals surface area contributed by atoms with Gasteiger partial charge < -0.3 is 14.7 Å². The number of nitrogens with zero attached hydrogens (tertiary/aromatic N) is 3. The van der Waals surface area contributed by atoms with Gasteiger partial charge in [0.25, 0.3) is 5.56 Å². The van der Waals surface area contributed by atoms with Crippen LogP contribution in [0.1, 0.15) is 19.9 Å². The number of halogens is 1. The van der Waals surface area contributed by atoms with E-state index in [1.807, 2.05) is 11.8 Å². The van der Waals surface area contributed by atoms with E-state index in [1.165, 1.54) is 17.7 Å². The van der Waals surface area contributed by atoms with Crippen molar-refractivity contribution < 1.29 is 14.6 Å². The van der Waals surface area contributed by atoms with Gasteiger partial charge in [0.05, 0.1) is 19.3 Å². The van der Waals surface area contributed by atoms with Crippen molar-refractivity contribution in [2.45, 2.75) is 25.9 Å². The zero-order valence-electron chi connectivity index (χ0n) is 11.2. The summed E-state index contributed by atoms with van der Waals surface area (Å²) in [6.45, 7) is 4.99. The Labute approximate surface area is 124 Å². The number of hydrogen-bond donors (Lipinski definition) is 1. The molecule has 0 aromatic carbocycles. The molecule has 2 atom stereocenters. The fourth-order valence-corrected chi connectivity index (χ4v) is 2.49. The summed E-state index contributed by atoms with van der Waals surface area (Å²) < 4.78 is 6.94. The molecule has 1 fully saturated rings. The fraction of sp³-hybridized carbons (Fsp3) is 0.583. The highest BCUT2D eigenvalue weighted by atomic mass is 79.9. The molecule has 1 aliphatic rings. The van der Waals surface area contributed by atoms with Crippen molar-refractivity contribution in [3.05, 3.63) is 21.2 Å². The van der Waals surface area contributed by atoms with Gasteiger partial charge in [-0.2, -0.15) is 0 Å². The van der Waals surface area contributed by atoms with E-state index in [0.29, 0.717) is 24.4 Å². The first-order valence-electron chi connectivity index (χ1n) is 6.27. The Morgan fingerprint density at radius 2 is 2.35 bits per heavy atom. The quantitative estimate of drug-likeness (QED) is 0.875. The van der Waals surface area contributed by atoms with Crippen LogP contribution in [0.2, 0.25) is 0 Å². The minimum atomic E-state index is -1.06. The number of carboxylic acids is 1. The monoisotopic (exact) mass is 345 g/mol. The third-order valence-electron chi connectivity index (χ3n) is 3.30. The van der Waals surface area contributed by atoms with Gasteiger partial charge in [0.2, 0.25) is 0 Å². The van der Waals surface area contributed by atoms with E-state index in [9.17, 15) is 9.59 Å². The van der Waals surface area contributed by atoms with Crippen LogP contribution in [0.4, 0.5) is 5.82 Å². The maximum atomic E-state index is 12.4. The molecule has 0 bridgehead atoms. The molecule has 20 heavy (non-hydrogen) atoms. The molecule has 110 valence electrons. The van der Waals surface area contributed by atoms with Gasteiger partial charge in [-0.25, -0.2) is 9.78 Å². The molecule has 1 saturated heterocycles. The molecule has 0 amide bonds. The third-order valence-corrected chi connectivity index (χ3v) is 3.68. The zero-order valence-corrected chi connectivity index (χ0v) is 12.8. The molecule has 7 nitrogen and oxygen atoms in total. The Kier molecular flexibility index (Phi) is 4.44. The number of rotatable bonds is 3. The van der Waals surface area contributed by atoms with E-state index in [1.54, 1.807) is 0 Å². The third kappa shape index (κ3) is 2.85. The second-order valence-corrected chi connectivity index (χ2v) is 5.54. The summed E-state index contributed by atoms with van der Waals surface area (Å²) in [5, 5.41) is 9.07. The van der Waals surface area contributed by atoms with Gasteiger partial charge in [-0.05, 0) is 29.8 Å². The summed E-state index contributed by atoms with van der Waals surface area (Å²) in [6, 6.07) is -0.927. The number of aromatic nitrogens is 2. The van der Waals surface area contributed by atoms with Crippen LogP contribution in [0.3, 0.4) is 0 Å². The Morgan fingerprint density at radius 3 is 2.95 bits per heavy atom. The van der Waals surface area contributed by atoms with Crippen LogP contribution in [-0.2, 0) is 9.53 Å². The number of carboxylic acid groups (broad SMARTS) is 1. The minimum Gasteiger partial charge on any atom is -0.480 e. The first-order valence-corrected chi connectivity index (χ1v) is 7.07. The smallest absolute Gasteiger partial charge is 0.326 e. The lowest BCUT2D eigenvalue weighted by atomic mass is 10.2. The first-order chi connectivity index (χ1) is 9.41. The van der Waals surface area contributed by atoms with Gasteiger partial charge in [0, 0.05) is 12.7 Å². The van der Waals surface area contributed by atoms with Crippen LogP contribution >= 0.6 is 15.9 Å². The first kappa shape index (κ1) is 15.0. The molecule has 0 saturated carbocycles. The molecule has 1 N–H and O–H groups in total. The molecule has 1 aromatic rings. The summed E-state index contributed by atoms with van der Waals surface area (Å²) in [4.78, 5) is 29.6. The highest BCUT2D eigenvalue weighted by Gasteiger charge is 2.26. The van der Waals surface area contributed by atoms with E-state index in [2.05, 4.69) is 20.9 Å². The standard InChI is InChI=1S/C12H16BrN3O4/c1-7-6-20-4-3-15(7)10-11(17)16(5-9(13)14-10)8(2)12(18)19/h5,7-8H,3-4,6H2,1-2H3,(H,18,19)/t7-,8?/m1/s1. The van der Waals surface area contributed by atoms with E-state index >= 15 is 0 Å². The van der Waals surface area contributed by atoms with Crippen LogP contribution in [0.25, 0.3) is 0 Å². The second kappa shape index (κ2) is 5.92. The largest absolute Gasteiger partial charge is 0.480 e. The van der Waals surface area contributed by atoms with Crippen molar-refractivity contribution in [3.63, 3.8) is 0 Å².